The Morgan fingerprint density at radius 1 is 1.47 bits per heavy atom. The van der Waals surface area contributed by atoms with E-state index >= 15 is 0 Å². The summed E-state index contributed by atoms with van der Waals surface area (Å²) in [5, 5.41) is 18.1. The lowest BCUT2D eigenvalue weighted by Crippen LogP contribution is -2.48. The molecule has 2 rings (SSSR count). The molecule has 4 nitrogen and oxygen atoms in total. The summed E-state index contributed by atoms with van der Waals surface area (Å²) < 4.78 is 0. The predicted molar refractivity (Wildman–Crippen MR) is 63.7 cm³/mol. The maximum atomic E-state index is 11.0. The summed E-state index contributed by atoms with van der Waals surface area (Å²) in [5.74, 6) is -1.06. The van der Waals surface area contributed by atoms with E-state index in [1.165, 1.54) is 0 Å². The van der Waals surface area contributed by atoms with Crippen LogP contribution in [0.3, 0.4) is 0 Å². The van der Waals surface area contributed by atoms with E-state index in [4.69, 9.17) is 10.4 Å². The van der Waals surface area contributed by atoms with E-state index in [-0.39, 0.29) is 12.0 Å². The van der Waals surface area contributed by atoms with Crippen molar-refractivity contribution >= 4 is 11.7 Å². The van der Waals surface area contributed by atoms with E-state index < -0.39 is 5.97 Å². The second-order valence-corrected chi connectivity index (χ2v) is 4.33. The maximum Gasteiger partial charge on any atom is 0.308 e. The second-order valence-electron chi connectivity index (χ2n) is 4.33. The highest BCUT2D eigenvalue weighted by atomic mass is 16.4. The van der Waals surface area contributed by atoms with Crippen molar-refractivity contribution in [3.05, 3.63) is 29.8 Å². The van der Waals surface area contributed by atoms with E-state index in [0.29, 0.717) is 5.56 Å². The Labute approximate surface area is 100 Å². The molecule has 1 N–H and O–H groups in total. The van der Waals surface area contributed by atoms with Crippen LogP contribution in [0.5, 0.6) is 0 Å². The van der Waals surface area contributed by atoms with Crippen LogP contribution in [-0.2, 0) is 4.79 Å². The molecular weight excluding hydrogens is 216 g/mol. The number of benzene rings is 1. The standard InChI is InChI=1S/C13H14N2O2/c1-15(12-7-6-10(12)13(16)17)11-5-3-2-4-9(11)8-14/h2-5,10,12H,6-7H2,1H3,(H,16,17). The maximum absolute atomic E-state index is 11.0. The number of nitrogens with zero attached hydrogens (tertiary/aromatic N) is 2. The third kappa shape index (κ3) is 1.96. The van der Waals surface area contributed by atoms with Crippen LogP contribution in [0, 0.1) is 17.2 Å². The Balaban J connectivity index is 2.23. The van der Waals surface area contributed by atoms with Gasteiger partial charge in [-0.25, -0.2) is 0 Å². The Hall–Kier alpha value is -2.02. The Morgan fingerprint density at radius 2 is 2.18 bits per heavy atom. The summed E-state index contributed by atoms with van der Waals surface area (Å²) in [7, 11) is 1.86. The second kappa shape index (κ2) is 4.46. The number of hydrogen-bond acceptors (Lipinski definition) is 3. The zero-order chi connectivity index (χ0) is 12.4. The van der Waals surface area contributed by atoms with Crippen molar-refractivity contribution in [1.82, 2.24) is 0 Å². The van der Waals surface area contributed by atoms with Gasteiger partial charge >= 0.3 is 5.97 Å². The smallest absolute Gasteiger partial charge is 0.308 e. The van der Waals surface area contributed by atoms with Gasteiger partial charge in [-0.2, -0.15) is 5.26 Å². The molecule has 0 aromatic heterocycles. The Morgan fingerprint density at radius 3 is 2.71 bits per heavy atom. The molecule has 0 amide bonds. The van der Waals surface area contributed by atoms with Crippen LogP contribution in [0.1, 0.15) is 18.4 Å². The number of carboxylic acid groups (broad SMARTS) is 1. The minimum absolute atomic E-state index is 0.00185. The zero-order valence-corrected chi connectivity index (χ0v) is 9.63. The largest absolute Gasteiger partial charge is 0.481 e. The first-order valence-corrected chi connectivity index (χ1v) is 5.60. The third-order valence-electron chi connectivity index (χ3n) is 3.46. The number of carbonyl (C=O) groups is 1. The quantitative estimate of drug-likeness (QED) is 0.860. The average Bonchev–Trinajstić information content (AvgIpc) is 2.26. The van der Waals surface area contributed by atoms with Gasteiger partial charge in [0.1, 0.15) is 6.07 Å². The summed E-state index contributed by atoms with van der Waals surface area (Å²) in [5.41, 5.74) is 1.40. The van der Waals surface area contributed by atoms with Crippen LogP contribution in [0.25, 0.3) is 0 Å². The highest BCUT2D eigenvalue weighted by Crippen LogP contribution is 2.35. The van der Waals surface area contributed by atoms with Crippen LogP contribution in [-0.4, -0.2) is 24.2 Å². The van der Waals surface area contributed by atoms with Crippen molar-refractivity contribution in [2.45, 2.75) is 18.9 Å². The third-order valence-corrected chi connectivity index (χ3v) is 3.46. The molecule has 0 aliphatic heterocycles. The number of carboxylic acids is 1. The zero-order valence-electron chi connectivity index (χ0n) is 9.63. The van der Waals surface area contributed by atoms with Crippen molar-refractivity contribution in [1.29, 1.82) is 5.26 Å². The topological polar surface area (TPSA) is 64.3 Å². The van der Waals surface area contributed by atoms with Crippen LogP contribution in [0.15, 0.2) is 24.3 Å². The fourth-order valence-corrected chi connectivity index (χ4v) is 2.29. The van der Waals surface area contributed by atoms with Crippen molar-refractivity contribution in [2.24, 2.45) is 5.92 Å². The number of hydrogen-bond donors (Lipinski definition) is 1. The van der Waals surface area contributed by atoms with Gasteiger partial charge in [-0.1, -0.05) is 12.1 Å². The molecular formula is C13H14N2O2. The Kier molecular flexibility index (Phi) is 3.01. The fraction of sp³-hybridized carbons (Fsp3) is 0.385. The summed E-state index contributed by atoms with van der Waals surface area (Å²) in [4.78, 5) is 12.9. The molecule has 1 aliphatic rings. The predicted octanol–water partition coefficient (Wildman–Crippen LogP) is 1.86. The van der Waals surface area contributed by atoms with Crippen molar-refractivity contribution < 1.29 is 9.90 Å². The molecule has 88 valence electrons. The van der Waals surface area contributed by atoms with Crippen molar-refractivity contribution in [3.63, 3.8) is 0 Å². The molecule has 1 aromatic rings. The van der Waals surface area contributed by atoms with Crippen molar-refractivity contribution in [2.75, 3.05) is 11.9 Å². The van der Waals surface area contributed by atoms with Gasteiger partial charge < -0.3 is 10.0 Å². The minimum Gasteiger partial charge on any atom is -0.481 e. The van der Waals surface area contributed by atoms with Gasteiger partial charge in [-0.3, -0.25) is 4.79 Å². The first-order chi connectivity index (χ1) is 8.15. The van der Waals surface area contributed by atoms with Crippen LogP contribution >= 0.6 is 0 Å². The number of nitriles is 1. The molecule has 0 saturated heterocycles. The number of para-hydroxylation sites is 1. The van der Waals surface area contributed by atoms with E-state index in [2.05, 4.69) is 6.07 Å². The molecule has 0 heterocycles. The van der Waals surface area contributed by atoms with Crippen LogP contribution in [0.2, 0.25) is 0 Å². The molecule has 17 heavy (non-hydrogen) atoms. The van der Waals surface area contributed by atoms with Gasteiger partial charge in [0.2, 0.25) is 0 Å². The molecule has 2 atom stereocenters. The molecule has 0 radical (unpaired) electrons. The van der Waals surface area contributed by atoms with Gasteiger partial charge in [0.25, 0.3) is 0 Å². The van der Waals surface area contributed by atoms with Gasteiger partial charge in [-0.15, -0.1) is 0 Å². The van der Waals surface area contributed by atoms with E-state index in [1.54, 1.807) is 6.07 Å². The molecule has 4 heteroatoms. The highest BCUT2D eigenvalue weighted by molar-refractivity contribution is 5.73. The lowest BCUT2D eigenvalue weighted by atomic mass is 9.78. The molecule has 1 saturated carbocycles. The van der Waals surface area contributed by atoms with E-state index in [9.17, 15) is 4.79 Å². The van der Waals surface area contributed by atoms with E-state index in [1.807, 2.05) is 30.1 Å². The molecule has 2 unspecified atom stereocenters. The monoisotopic (exact) mass is 230 g/mol. The lowest BCUT2D eigenvalue weighted by molar-refractivity contribution is -0.145. The Bertz CT molecular complexity index is 479. The summed E-state index contributed by atoms with van der Waals surface area (Å²) in [6.07, 6.45) is 1.59. The van der Waals surface area contributed by atoms with Gasteiger partial charge in [0.05, 0.1) is 17.2 Å². The number of anilines is 1. The average molecular weight is 230 g/mol. The molecule has 0 bridgehead atoms. The molecule has 1 fully saturated rings. The lowest BCUT2D eigenvalue weighted by Gasteiger charge is -2.41. The normalized spacial score (nSPS) is 22.4. The van der Waals surface area contributed by atoms with Crippen molar-refractivity contribution in [3.8, 4) is 6.07 Å². The highest BCUT2D eigenvalue weighted by Gasteiger charge is 2.39. The minimum atomic E-state index is -0.748. The first kappa shape index (κ1) is 11.5. The van der Waals surface area contributed by atoms with Crippen LogP contribution < -0.4 is 4.90 Å². The van der Waals surface area contributed by atoms with Gasteiger partial charge in [0.15, 0.2) is 0 Å². The van der Waals surface area contributed by atoms with Gasteiger partial charge in [-0.05, 0) is 25.0 Å². The van der Waals surface area contributed by atoms with Gasteiger partial charge in [0, 0.05) is 13.1 Å². The summed E-state index contributed by atoms with van der Waals surface area (Å²) >= 11 is 0. The number of rotatable bonds is 3. The molecule has 0 spiro atoms. The summed E-state index contributed by atoms with van der Waals surface area (Å²) in [6, 6.07) is 9.42. The SMILES string of the molecule is CN(c1ccccc1C#N)C1CCC1C(=O)O. The first-order valence-electron chi connectivity index (χ1n) is 5.60. The molecule has 1 aliphatic carbocycles. The molecule has 1 aromatic carbocycles. The van der Waals surface area contributed by atoms with E-state index in [0.717, 1.165) is 18.5 Å². The summed E-state index contributed by atoms with van der Waals surface area (Å²) in [6.45, 7) is 0. The van der Waals surface area contributed by atoms with Crippen LogP contribution in [0.4, 0.5) is 5.69 Å². The number of aliphatic carboxylic acids is 1. The fourth-order valence-electron chi connectivity index (χ4n) is 2.29.